The molecule has 3 heteroatoms. The monoisotopic (exact) mass is 286 g/mol. The van der Waals surface area contributed by atoms with Crippen molar-refractivity contribution in [2.24, 2.45) is 0 Å². The molecule has 0 saturated carbocycles. The number of rotatable bonds is 4. The van der Waals surface area contributed by atoms with E-state index in [0.29, 0.717) is 5.92 Å². The van der Waals surface area contributed by atoms with Crippen molar-refractivity contribution in [1.82, 2.24) is 0 Å². The van der Waals surface area contributed by atoms with Crippen LogP contribution in [0.5, 0.6) is 5.75 Å². The molecule has 2 aromatic carbocycles. The van der Waals surface area contributed by atoms with Crippen LogP contribution in [0.1, 0.15) is 30.1 Å². The maximum atomic E-state index is 9.50. The number of benzene rings is 2. The SMILES string of the molecule is CC(O)c1ccc(SCC2COc3ccccc32)cc1. The highest BCUT2D eigenvalue weighted by molar-refractivity contribution is 7.99. The molecule has 2 unspecified atom stereocenters. The van der Waals surface area contributed by atoms with Gasteiger partial charge in [0.2, 0.25) is 0 Å². The molecule has 0 saturated heterocycles. The van der Waals surface area contributed by atoms with Crippen LogP contribution in [0.15, 0.2) is 53.4 Å². The minimum absolute atomic E-state index is 0.399. The molecule has 20 heavy (non-hydrogen) atoms. The largest absolute Gasteiger partial charge is 0.493 e. The van der Waals surface area contributed by atoms with Crippen molar-refractivity contribution in [1.29, 1.82) is 0 Å². The normalized spacial score (nSPS) is 18.4. The summed E-state index contributed by atoms with van der Waals surface area (Å²) in [5.41, 5.74) is 2.28. The van der Waals surface area contributed by atoms with Gasteiger partial charge in [0.05, 0.1) is 12.7 Å². The second-order valence-electron chi connectivity index (χ2n) is 5.10. The summed E-state index contributed by atoms with van der Waals surface area (Å²) >= 11 is 1.84. The number of para-hydroxylation sites is 1. The fraction of sp³-hybridized carbons (Fsp3) is 0.294. The summed E-state index contributed by atoms with van der Waals surface area (Å²) in [4.78, 5) is 1.23. The minimum atomic E-state index is -0.399. The van der Waals surface area contributed by atoms with Crippen molar-refractivity contribution >= 4 is 11.8 Å². The number of aliphatic hydroxyl groups is 1. The lowest BCUT2D eigenvalue weighted by Crippen LogP contribution is -2.03. The molecule has 2 nitrogen and oxygen atoms in total. The van der Waals surface area contributed by atoms with Gasteiger partial charge in [0, 0.05) is 22.1 Å². The number of fused-ring (bicyclic) bond motifs is 1. The Bertz CT molecular complexity index is 578. The first kappa shape index (κ1) is 13.5. The third kappa shape index (κ3) is 2.84. The van der Waals surface area contributed by atoms with E-state index in [1.807, 2.05) is 36.0 Å². The van der Waals surface area contributed by atoms with Crippen LogP contribution in [0.2, 0.25) is 0 Å². The van der Waals surface area contributed by atoms with Gasteiger partial charge < -0.3 is 9.84 Å². The maximum absolute atomic E-state index is 9.50. The van der Waals surface area contributed by atoms with E-state index in [1.165, 1.54) is 10.5 Å². The molecule has 104 valence electrons. The fourth-order valence-electron chi connectivity index (χ4n) is 2.41. The molecule has 0 radical (unpaired) electrons. The minimum Gasteiger partial charge on any atom is -0.493 e. The fourth-order valence-corrected chi connectivity index (χ4v) is 3.40. The van der Waals surface area contributed by atoms with Gasteiger partial charge in [0.25, 0.3) is 0 Å². The topological polar surface area (TPSA) is 29.5 Å². The Morgan fingerprint density at radius 1 is 1.20 bits per heavy atom. The molecule has 1 N–H and O–H groups in total. The van der Waals surface area contributed by atoms with Crippen LogP contribution in [0, 0.1) is 0 Å². The quantitative estimate of drug-likeness (QED) is 0.861. The van der Waals surface area contributed by atoms with Gasteiger partial charge in [-0.15, -0.1) is 11.8 Å². The summed E-state index contributed by atoms with van der Waals surface area (Å²) in [5, 5.41) is 9.50. The molecule has 2 aromatic rings. The Labute approximate surface area is 123 Å². The van der Waals surface area contributed by atoms with Crippen LogP contribution >= 0.6 is 11.8 Å². The summed E-state index contributed by atoms with van der Waals surface area (Å²) in [6.45, 7) is 2.56. The molecular formula is C17H18O2S. The third-order valence-electron chi connectivity index (χ3n) is 3.61. The number of ether oxygens (including phenoxy) is 1. The maximum Gasteiger partial charge on any atom is 0.122 e. The van der Waals surface area contributed by atoms with Crippen LogP contribution in [0.4, 0.5) is 0 Å². The molecule has 2 atom stereocenters. The Morgan fingerprint density at radius 2 is 1.95 bits per heavy atom. The van der Waals surface area contributed by atoms with Crippen molar-refractivity contribution in [3.05, 3.63) is 59.7 Å². The molecular weight excluding hydrogens is 268 g/mol. The zero-order valence-corrected chi connectivity index (χ0v) is 12.3. The zero-order chi connectivity index (χ0) is 13.9. The van der Waals surface area contributed by atoms with Crippen molar-refractivity contribution in [2.45, 2.75) is 23.8 Å². The lowest BCUT2D eigenvalue weighted by atomic mass is 10.0. The molecule has 0 spiro atoms. The average Bonchev–Trinajstić information content (AvgIpc) is 2.89. The highest BCUT2D eigenvalue weighted by Gasteiger charge is 2.23. The molecule has 0 fully saturated rings. The van der Waals surface area contributed by atoms with Gasteiger partial charge in [-0.3, -0.25) is 0 Å². The Balaban J connectivity index is 1.63. The molecule has 1 aliphatic heterocycles. The Kier molecular flexibility index (Phi) is 3.99. The average molecular weight is 286 g/mol. The van der Waals surface area contributed by atoms with E-state index >= 15 is 0 Å². The summed E-state index contributed by atoms with van der Waals surface area (Å²) in [6.07, 6.45) is -0.399. The molecule has 0 aliphatic carbocycles. The molecule has 1 heterocycles. The van der Waals surface area contributed by atoms with Gasteiger partial charge in [-0.25, -0.2) is 0 Å². The molecule has 0 amide bonds. The second kappa shape index (κ2) is 5.90. The highest BCUT2D eigenvalue weighted by Crippen LogP contribution is 2.36. The van der Waals surface area contributed by atoms with Crippen LogP contribution in [-0.2, 0) is 0 Å². The zero-order valence-electron chi connectivity index (χ0n) is 11.5. The summed E-state index contributed by atoms with van der Waals surface area (Å²) in [6, 6.07) is 16.4. The van der Waals surface area contributed by atoms with Crippen molar-refractivity contribution < 1.29 is 9.84 Å². The number of thioether (sulfide) groups is 1. The molecule has 1 aliphatic rings. The summed E-state index contributed by atoms with van der Waals surface area (Å²) in [5.74, 6) is 2.51. The van der Waals surface area contributed by atoms with Gasteiger partial charge in [-0.2, -0.15) is 0 Å². The Hall–Kier alpha value is -1.45. The van der Waals surface area contributed by atoms with Crippen LogP contribution in [-0.4, -0.2) is 17.5 Å². The van der Waals surface area contributed by atoms with E-state index < -0.39 is 6.10 Å². The van der Waals surface area contributed by atoms with Gasteiger partial charge in [-0.05, 0) is 30.7 Å². The van der Waals surface area contributed by atoms with Gasteiger partial charge in [-0.1, -0.05) is 30.3 Å². The van der Waals surface area contributed by atoms with E-state index in [2.05, 4.69) is 24.3 Å². The summed E-state index contributed by atoms with van der Waals surface area (Å²) < 4.78 is 5.70. The highest BCUT2D eigenvalue weighted by atomic mass is 32.2. The first-order chi connectivity index (χ1) is 9.74. The van der Waals surface area contributed by atoms with E-state index in [9.17, 15) is 5.11 Å². The molecule has 0 aromatic heterocycles. The van der Waals surface area contributed by atoms with Gasteiger partial charge >= 0.3 is 0 Å². The first-order valence-electron chi connectivity index (χ1n) is 6.86. The number of hydrogen-bond donors (Lipinski definition) is 1. The standard InChI is InChI=1S/C17H18O2S/c1-12(18)13-6-8-15(9-7-13)20-11-14-10-19-17-5-3-2-4-16(14)17/h2-9,12,14,18H,10-11H2,1H3. The van der Waals surface area contributed by atoms with E-state index in [1.54, 1.807) is 6.92 Å². The van der Waals surface area contributed by atoms with Crippen LogP contribution < -0.4 is 4.74 Å². The summed E-state index contributed by atoms with van der Waals surface area (Å²) in [7, 11) is 0. The smallest absolute Gasteiger partial charge is 0.122 e. The van der Waals surface area contributed by atoms with Crippen molar-refractivity contribution in [3.63, 3.8) is 0 Å². The molecule has 3 rings (SSSR count). The third-order valence-corrected chi connectivity index (χ3v) is 4.79. The lowest BCUT2D eigenvalue weighted by Gasteiger charge is -2.09. The van der Waals surface area contributed by atoms with Crippen LogP contribution in [0.25, 0.3) is 0 Å². The van der Waals surface area contributed by atoms with E-state index in [0.717, 1.165) is 23.7 Å². The predicted octanol–water partition coefficient (Wildman–Crippen LogP) is 4.01. The van der Waals surface area contributed by atoms with Crippen molar-refractivity contribution in [2.75, 3.05) is 12.4 Å². The van der Waals surface area contributed by atoms with Crippen LogP contribution in [0.3, 0.4) is 0 Å². The van der Waals surface area contributed by atoms with Gasteiger partial charge in [0.15, 0.2) is 0 Å². The molecule has 0 bridgehead atoms. The first-order valence-corrected chi connectivity index (χ1v) is 7.85. The van der Waals surface area contributed by atoms with E-state index in [4.69, 9.17) is 4.74 Å². The second-order valence-corrected chi connectivity index (χ2v) is 6.20. The number of aliphatic hydroxyl groups excluding tert-OH is 1. The number of hydrogen-bond acceptors (Lipinski definition) is 3. The van der Waals surface area contributed by atoms with E-state index in [-0.39, 0.29) is 0 Å². The van der Waals surface area contributed by atoms with Crippen molar-refractivity contribution in [3.8, 4) is 5.75 Å². The Morgan fingerprint density at radius 3 is 2.70 bits per heavy atom. The predicted molar refractivity (Wildman–Crippen MR) is 82.5 cm³/mol. The lowest BCUT2D eigenvalue weighted by molar-refractivity contribution is 0.199. The van der Waals surface area contributed by atoms with Gasteiger partial charge in [0.1, 0.15) is 5.75 Å².